The van der Waals surface area contributed by atoms with Crippen molar-refractivity contribution in [2.24, 2.45) is 7.05 Å². The van der Waals surface area contributed by atoms with E-state index < -0.39 is 0 Å². The van der Waals surface area contributed by atoms with Crippen molar-refractivity contribution in [3.8, 4) is 11.5 Å². The number of aromatic nitrogens is 4. The van der Waals surface area contributed by atoms with Crippen LogP contribution in [0.2, 0.25) is 0 Å². The highest BCUT2D eigenvalue weighted by Crippen LogP contribution is 2.23. The summed E-state index contributed by atoms with van der Waals surface area (Å²) in [6, 6.07) is 0. The van der Waals surface area contributed by atoms with Crippen LogP contribution < -0.4 is 4.68 Å². The maximum Gasteiger partial charge on any atom is 0.369 e. The van der Waals surface area contributed by atoms with Gasteiger partial charge >= 0.3 is 5.82 Å². The molecule has 0 amide bonds. The van der Waals surface area contributed by atoms with Crippen LogP contribution in [0.15, 0.2) is 0 Å². The van der Waals surface area contributed by atoms with Crippen LogP contribution in [-0.4, -0.2) is 15.1 Å². The SMILES string of the molecule is Cc1nc(-c2nc(C)c(C)c(C)c2C)[n+](C)[nH]1. The first-order valence-corrected chi connectivity index (χ1v) is 5.79. The van der Waals surface area contributed by atoms with Crippen molar-refractivity contribution in [1.82, 2.24) is 15.1 Å². The lowest BCUT2D eigenvalue weighted by Crippen LogP contribution is -2.33. The molecule has 0 fully saturated rings. The van der Waals surface area contributed by atoms with Crippen LogP contribution in [0.1, 0.15) is 28.2 Å². The summed E-state index contributed by atoms with van der Waals surface area (Å²) in [5.74, 6) is 1.80. The molecule has 2 rings (SSSR count). The van der Waals surface area contributed by atoms with Crippen LogP contribution in [0.3, 0.4) is 0 Å². The fourth-order valence-electron chi connectivity index (χ4n) is 2.05. The number of nitrogens with one attached hydrogen (secondary N) is 1. The molecule has 4 nitrogen and oxygen atoms in total. The first-order chi connectivity index (χ1) is 7.91. The summed E-state index contributed by atoms with van der Waals surface area (Å²) in [4.78, 5) is 9.17. The zero-order valence-corrected chi connectivity index (χ0v) is 11.3. The number of hydrogen-bond donors (Lipinski definition) is 1. The van der Waals surface area contributed by atoms with Crippen molar-refractivity contribution in [3.63, 3.8) is 0 Å². The summed E-state index contributed by atoms with van der Waals surface area (Å²) >= 11 is 0. The van der Waals surface area contributed by atoms with Crippen molar-refractivity contribution >= 4 is 0 Å². The molecule has 0 atom stereocenters. The molecule has 90 valence electrons. The average Bonchev–Trinajstić information content (AvgIpc) is 2.60. The Kier molecular flexibility index (Phi) is 2.73. The lowest BCUT2D eigenvalue weighted by molar-refractivity contribution is -0.718. The van der Waals surface area contributed by atoms with Gasteiger partial charge in [-0.05, 0) is 49.4 Å². The number of aryl methyl sites for hydroxylation is 3. The Bertz CT molecular complexity index is 582. The summed E-state index contributed by atoms with van der Waals surface area (Å²) in [5, 5.41) is 3.15. The second kappa shape index (κ2) is 3.95. The highest BCUT2D eigenvalue weighted by molar-refractivity contribution is 5.56. The van der Waals surface area contributed by atoms with Gasteiger partial charge < -0.3 is 0 Å². The van der Waals surface area contributed by atoms with Gasteiger partial charge in [0.15, 0.2) is 5.69 Å². The van der Waals surface area contributed by atoms with Crippen molar-refractivity contribution in [1.29, 1.82) is 0 Å². The summed E-state index contributed by atoms with van der Waals surface area (Å²) in [6.07, 6.45) is 0. The average molecular weight is 231 g/mol. The molecule has 0 radical (unpaired) electrons. The lowest BCUT2D eigenvalue weighted by atomic mass is 10.0. The van der Waals surface area contributed by atoms with E-state index in [4.69, 9.17) is 0 Å². The summed E-state index contributed by atoms with van der Waals surface area (Å²) in [6.45, 7) is 10.4. The van der Waals surface area contributed by atoms with E-state index >= 15 is 0 Å². The van der Waals surface area contributed by atoms with E-state index in [1.54, 1.807) is 0 Å². The van der Waals surface area contributed by atoms with Crippen LogP contribution in [0.4, 0.5) is 0 Å². The van der Waals surface area contributed by atoms with Gasteiger partial charge in [-0.3, -0.25) is 0 Å². The molecule has 0 aliphatic carbocycles. The molecule has 0 aromatic carbocycles. The summed E-state index contributed by atoms with van der Waals surface area (Å²) in [5.41, 5.74) is 5.81. The molecule has 4 heteroatoms. The van der Waals surface area contributed by atoms with E-state index in [0.29, 0.717) is 0 Å². The van der Waals surface area contributed by atoms with Gasteiger partial charge in [0.25, 0.3) is 0 Å². The van der Waals surface area contributed by atoms with Crippen LogP contribution >= 0.6 is 0 Å². The van der Waals surface area contributed by atoms with Gasteiger partial charge in [0.05, 0.1) is 0 Å². The van der Waals surface area contributed by atoms with Crippen molar-refractivity contribution in [2.75, 3.05) is 0 Å². The molecule has 0 aliphatic heterocycles. The second-order valence-electron chi connectivity index (χ2n) is 4.61. The van der Waals surface area contributed by atoms with Gasteiger partial charge in [-0.1, -0.05) is 0 Å². The molecule has 0 unspecified atom stereocenters. The van der Waals surface area contributed by atoms with E-state index in [2.05, 4.69) is 35.8 Å². The smallest absolute Gasteiger partial charge is 0.244 e. The van der Waals surface area contributed by atoms with Gasteiger partial charge in [0.1, 0.15) is 7.05 Å². The van der Waals surface area contributed by atoms with Crippen molar-refractivity contribution < 1.29 is 4.68 Å². The Morgan fingerprint density at radius 3 is 2.06 bits per heavy atom. The summed E-state index contributed by atoms with van der Waals surface area (Å²) in [7, 11) is 1.96. The van der Waals surface area contributed by atoms with Gasteiger partial charge in [0.2, 0.25) is 5.82 Å². The Morgan fingerprint density at radius 1 is 0.882 bits per heavy atom. The molecule has 0 aliphatic rings. The minimum absolute atomic E-state index is 0.895. The molecule has 0 saturated heterocycles. The Hall–Kier alpha value is -1.71. The largest absolute Gasteiger partial charge is 0.369 e. The zero-order valence-electron chi connectivity index (χ0n) is 11.3. The fourth-order valence-corrected chi connectivity index (χ4v) is 2.05. The molecule has 1 N–H and O–H groups in total. The predicted octanol–water partition coefficient (Wildman–Crippen LogP) is 1.84. The number of H-pyrrole nitrogens is 1. The highest BCUT2D eigenvalue weighted by Gasteiger charge is 2.22. The number of hydrogen-bond acceptors (Lipinski definition) is 2. The third-order valence-electron chi connectivity index (χ3n) is 3.44. The summed E-state index contributed by atoms with van der Waals surface area (Å²) < 4.78 is 1.92. The van der Waals surface area contributed by atoms with Gasteiger partial charge in [-0.2, -0.15) is 9.78 Å². The van der Waals surface area contributed by atoms with E-state index in [9.17, 15) is 0 Å². The maximum atomic E-state index is 4.67. The van der Waals surface area contributed by atoms with Crippen molar-refractivity contribution in [3.05, 3.63) is 28.2 Å². The molecular formula is C13H19N4+. The minimum atomic E-state index is 0.895. The molecule has 0 spiro atoms. The van der Waals surface area contributed by atoms with E-state index in [1.807, 2.05) is 25.6 Å². The molecule has 0 saturated carbocycles. The van der Waals surface area contributed by atoms with Crippen LogP contribution in [0, 0.1) is 34.6 Å². The lowest BCUT2D eigenvalue weighted by Gasteiger charge is -2.09. The zero-order chi connectivity index (χ0) is 12.7. The quantitative estimate of drug-likeness (QED) is 0.761. The monoisotopic (exact) mass is 231 g/mol. The van der Waals surface area contributed by atoms with Gasteiger partial charge in [-0.15, -0.1) is 0 Å². The van der Waals surface area contributed by atoms with Gasteiger partial charge in [-0.25, -0.2) is 4.98 Å². The third kappa shape index (κ3) is 1.84. The van der Waals surface area contributed by atoms with E-state index in [1.165, 1.54) is 16.7 Å². The number of aromatic amines is 1. The normalized spacial score (nSPS) is 10.9. The fraction of sp³-hybridized carbons (Fsp3) is 0.462. The molecule has 2 heterocycles. The number of rotatable bonds is 1. The van der Waals surface area contributed by atoms with Crippen LogP contribution in [0.25, 0.3) is 11.5 Å². The first kappa shape index (κ1) is 11.8. The highest BCUT2D eigenvalue weighted by atomic mass is 15.3. The Balaban J connectivity index is 2.72. The molecule has 2 aromatic heterocycles. The van der Waals surface area contributed by atoms with Crippen molar-refractivity contribution in [2.45, 2.75) is 34.6 Å². The Labute approximate surface area is 102 Å². The second-order valence-corrected chi connectivity index (χ2v) is 4.61. The Morgan fingerprint density at radius 2 is 1.53 bits per heavy atom. The number of nitrogens with zero attached hydrogens (tertiary/aromatic N) is 3. The van der Waals surface area contributed by atoms with Gasteiger partial charge in [0, 0.05) is 12.6 Å². The predicted molar refractivity (Wildman–Crippen MR) is 66.7 cm³/mol. The maximum absolute atomic E-state index is 4.67. The number of pyridine rings is 1. The van der Waals surface area contributed by atoms with E-state index in [-0.39, 0.29) is 0 Å². The van der Waals surface area contributed by atoms with E-state index in [0.717, 1.165) is 23.0 Å². The standard InChI is InChI=1S/C13H18N4/c1-7-8(2)10(4)14-12(9(7)3)13-15-11(5)16-17(13)6/h1-6H3/p+1. The topological polar surface area (TPSA) is 45.5 Å². The van der Waals surface area contributed by atoms with Crippen LogP contribution in [0.5, 0.6) is 0 Å². The minimum Gasteiger partial charge on any atom is -0.244 e. The molecule has 0 bridgehead atoms. The van der Waals surface area contributed by atoms with Crippen LogP contribution in [-0.2, 0) is 7.05 Å². The third-order valence-corrected chi connectivity index (χ3v) is 3.44. The first-order valence-electron chi connectivity index (χ1n) is 5.79. The molecular weight excluding hydrogens is 212 g/mol. The molecule has 17 heavy (non-hydrogen) atoms. The molecule has 2 aromatic rings.